The second kappa shape index (κ2) is 12.3. The van der Waals surface area contributed by atoms with Gasteiger partial charge in [-0.15, -0.1) is 0 Å². The van der Waals surface area contributed by atoms with Crippen LogP contribution in [0.4, 0.5) is 11.4 Å². The molecule has 8 heteroatoms. The molecule has 196 valence electrons. The van der Waals surface area contributed by atoms with Crippen LogP contribution in [-0.4, -0.2) is 55.3 Å². The first kappa shape index (κ1) is 26.8. The van der Waals surface area contributed by atoms with Crippen LogP contribution in [0, 0.1) is 0 Å². The third-order valence-corrected chi connectivity index (χ3v) is 6.08. The molecule has 3 aromatic carbocycles. The number of esters is 2. The van der Waals surface area contributed by atoms with Crippen molar-refractivity contribution in [2.24, 2.45) is 4.99 Å². The Morgan fingerprint density at radius 1 is 0.921 bits per heavy atom. The number of nitrogens with one attached hydrogen (secondary N) is 1. The summed E-state index contributed by atoms with van der Waals surface area (Å²) in [6.07, 6.45) is 0. The summed E-state index contributed by atoms with van der Waals surface area (Å²) in [6.45, 7) is 4.96. The number of anilines is 1. The maximum atomic E-state index is 13.2. The van der Waals surface area contributed by atoms with Crippen LogP contribution in [-0.2, 0) is 25.6 Å². The van der Waals surface area contributed by atoms with E-state index in [-0.39, 0.29) is 25.0 Å². The predicted octanol–water partition coefficient (Wildman–Crippen LogP) is 4.71. The Bertz CT molecular complexity index is 1340. The summed E-state index contributed by atoms with van der Waals surface area (Å²) in [6, 6.07) is 22.4. The lowest BCUT2D eigenvalue weighted by atomic mass is 9.90. The quantitative estimate of drug-likeness (QED) is 0.311. The zero-order valence-electron chi connectivity index (χ0n) is 21.8. The van der Waals surface area contributed by atoms with E-state index in [1.807, 2.05) is 66.5 Å². The number of amides is 1. The van der Waals surface area contributed by atoms with Crippen molar-refractivity contribution in [2.45, 2.75) is 26.3 Å². The Morgan fingerprint density at radius 3 is 2.32 bits per heavy atom. The van der Waals surface area contributed by atoms with Gasteiger partial charge in [0.2, 0.25) is 5.91 Å². The largest absolute Gasteiger partial charge is 0.465 e. The van der Waals surface area contributed by atoms with Crippen LogP contribution in [0.15, 0.2) is 77.8 Å². The normalized spacial score (nSPS) is 14.7. The first-order valence-corrected chi connectivity index (χ1v) is 12.6. The van der Waals surface area contributed by atoms with Gasteiger partial charge in [-0.3, -0.25) is 19.5 Å². The summed E-state index contributed by atoms with van der Waals surface area (Å²) in [5, 5.41) is 2.91. The van der Waals surface area contributed by atoms with Crippen LogP contribution in [0.1, 0.15) is 46.8 Å². The van der Waals surface area contributed by atoms with Crippen LogP contribution in [0.25, 0.3) is 0 Å². The third-order valence-electron chi connectivity index (χ3n) is 6.08. The summed E-state index contributed by atoms with van der Waals surface area (Å²) >= 11 is 0. The number of hydrogen-bond acceptors (Lipinski definition) is 7. The van der Waals surface area contributed by atoms with E-state index >= 15 is 0 Å². The van der Waals surface area contributed by atoms with Gasteiger partial charge in [-0.1, -0.05) is 48.5 Å². The van der Waals surface area contributed by atoms with E-state index in [0.717, 1.165) is 16.7 Å². The van der Waals surface area contributed by atoms with E-state index in [9.17, 15) is 14.4 Å². The molecule has 0 fully saturated rings. The number of nitrogens with zero attached hydrogens (tertiary/aromatic N) is 2. The van der Waals surface area contributed by atoms with Gasteiger partial charge in [-0.2, -0.15) is 0 Å². The molecule has 1 atom stereocenters. The fraction of sp³-hybridized carbons (Fsp3) is 0.267. The minimum absolute atomic E-state index is 0.208. The van der Waals surface area contributed by atoms with Crippen LogP contribution in [0.3, 0.4) is 0 Å². The zero-order valence-corrected chi connectivity index (χ0v) is 21.8. The number of hydrogen-bond donors (Lipinski definition) is 1. The number of aliphatic imine (C=N–C) groups is 1. The average Bonchev–Trinajstić information content (AvgIpc) is 3.23. The average molecular weight is 514 g/mol. The molecule has 3 aromatic rings. The molecular formula is C30H31N3O5. The maximum Gasteiger partial charge on any atom is 0.338 e. The lowest BCUT2D eigenvalue weighted by molar-refractivity contribution is -0.144. The van der Waals surface area contributed by atoms with Gasteiger partial charge in [0.05, 0.1) is 36.7 Å². The molecule has 1 amide bonds. The van der Waals surface area contributed by atoms with E-state index in [0.29, 0.717) is 35.8 Å². The number of fused-ring (bicyclic) bond motifs is 1. The number of likely N-dealkylation sites (N-methyl/N-ethyl adjacent to an activating group) is 1. The van der Waals surface area contributed by atoms with E-state index in [2.05, 4.69) is 5.32 Å². The lowest BCUT2D eigenvalue weighted by Crippen LogP contribution is -2.26. The molecule has 1 aliphatic rings. The number of rotatable bonds is 10. The van der Waals surface area contributed by atoms with Crippen molar-refractivity contribution in [3.63, 3.8) is 0 Å². The van der Waals surface area contributed by atoms with Gasteiger partial charge in [0.1, 0.15) is 5.92 Å². The van der Waals surface area contributed by atoms with Crippen LogP contribution < -0.4 is 5.32 Å². The fourth-order valence-corrected chi connectivity index (χ4v) is 4.39. The number of ether oxygens (including phenoxy) is 2. The van der Waals surface area contributed by atoms with Gasteiger partial charge in [-0.25, -0.2) is 4.79 Å². The maximum absolute atomic E-state index is 13.2. The minimum Gasteiger partial charge on any atom is -0.465 e. The Balaban J connectivity index is 1.62. The van der Waals surface area contributed by atoms with E-state index in [4.69, 9.17) is 14.5 Å². The van der Waals surface area contributed by atoms with Gasteiger partial charge in [0.25, 0.3) is 0 Å². The molecule has 0 bridgehead atoms. The van der Waals surface area contributed by atoms with Crippen molar-refractivity contribution in [1.29, 1.82) is 0 Å². The molecular weight excluding hydrogens is 482 g/mol. The minimum atomic E-state index is -0.640. The summed E-state index contributed by atoms with van der Waals surface area (Å²) in [5.74, 6) is -1.54. The molecule has 8 nitrogen and oxygen atoms in total. The zero-order chi connectivity index (χ0) is 27.1. The first-order chi connectivity index (χ1) is 18.4. The van der Waals surface area contributed by atoms with Crippen molar-refractivity contribution in [3.8, 4) is 0 Å². The molecule has 1 N–H and O–H groups in total. The van der Waals surface area contributed by atoms with Crippen molar-refractivity contribution in [3.05, 3.63) is 95.1 Å². The second-order valence-electron chi connectivity index (χ2n) is 8.95. The highest BCUT2D eigenvalue weighted by atomic mass is 16.5. The monoisotopic (exact) mass is 513 g/mol. The molecule has 0 saturated carbocycles. The van der Waals surface area contributed by atoms with Crippen molar-refractivity contribution < 1.29 is 23.9 Å². The van der Waals surface area contributed by atoms with E-state index < -0.39 is 11.9 Å². The Labute approximate surface area is 222 Å². The standard InChI is InChI=1S/C30H31N3O5/c1-4-37-26(34)19-33(3)18-20-11-14-23(15-12-20)31-28(21-9-7-6-8-10-21)27-24-16-13-22(30(36)38-5-2)17-25(24)32-29(27)35/h6-17,27H,4-5,18-19H2,1-3H3,(H,32,35). The fourth-order valence-electron chi connectivity index (χ4n) is 4.39. The molecule has 38 heavy (non-hydrogen) atoms. The first-order valence-electron chi connectivity index (χ1n) is 12.6. The van der Waals surface area contributed by atoms with Gasteiger partial charge in [-0.05, 0) is 61.9 Å². The molecule has 0 saturated heterocycles. The Hall–Kier alpha value is -4.30. The summed E-state index contributed by atoms with van der Waals surface area (Å²) in [5.41, 5.74) is 4.87. The lowest BCUT2D eigenvalue weighted by Gasteiger charge is -2.16. The Morgan fingerprint density at radius 2 is 1.63 bits per heavy atom. The molecule has 0 spiro atoms. The summed E-state index contributed by atoms with van der Waals surface area (Å²) < 4.78 is 10.1. The van der Waals surface area contributed by atoms with Gasteiger partial charge >= 0.3 is 11.9 Å². The van der Waals surface area contributed by atoms with E-state index in [1.54, 1.807) is 32.0 Å². The molecule has 0 aliphatic carbocycles. The number of carbonyl (C=O) groups excluding carboxylic acids is 3. The highest BCUT2D eigenvalue weighted by Crippen LogP contribution is 2.37. The topological polar surface area (TPSA) is 97.3 Å². The van der Waals surface area contributed by atoms with Crippen molar-refractivity contribution in [2.75, 3.05) is 32.1 Å². The van der Waals surface area contributed by atoms with E-state index in [1.165, 1.54) is 0 Å². The van der Waals surface area contributed by atoms with Crippen LogP contribution in [0.5, 0.6) is 0 Å². The molecule has 1 unspecified atom stereocenters. The van der Waals surface area contributed by atoms with Crippen molar-refractivity contribution >= 4 is 34.9 Å². The summed E-state index contributed by atoms with van der Waals surface area (Å²) in [7, 11) is 1.86. The molecule has 0 radical (unpaired) electrons. The van der Waals surface area contributed by atoms with Crippen molar-refractivity contribution in [1.82, 2.24) is 4.90 Å². The van der Waals surface area contributed by atoms with Gasteiger partial charge < -0.3 is 14.8 Å². The smallest absolute Gasteiger partial charge is 0.338 e. The Kier molecular flexibility index (Phi) is 8.66. The molecule has 1 heterocycles. The van der Waals surface area contributed by atoms with Crippen LogP contribution >= 0.6 is 0 Å². The van der Waals surface area contributed by atoms with Crippen LogP contribution in [0.2, 0.25) is 0 Å². The molecule has 4 rings (SSSR count). The highest BCUT2D eigenvalue weighted by molar-refractivity contribution is 6.24. The molecule has 1 aliphatic heterocycles. The molecule has 0 aromatic heterocycles. The summed E-state index contributed by atoms with van der Waals surface area (Å²) in [4.78, 5) is 43.9. The SMILES string of the molecule is CCOC(=O)CN(C)Cc1ccc(N=C(c2ccccc2)C2C(=O)Nc3cc(C(=O)OCC)ccc32)cc1. The highest BCUT2D eigenvalue weighted by Gasteiger charge is 2.36. The third kappa shape index (κ3) is 6.33. The second-order valence-corrected chi connectivity index (χ2v) is 8.95. The number of benzene rings is 3. The van der Waals surface area contributed by atoms with Gasteiger partial charge in [0.15, 0.2) is 0 Å². The van der Waals surface area contributed by atoms with Gasteiger partial charge in [0, 0.05) is 12.2 Å². The number of carbonyl (C=O) groups is 3. The predicted molar refractivity (Wildman–Crippen MR) is 146 cm³/mol.